The molecule has 0 amide bonds. The SMILES string of the molecule is Fc1ccnnc1. The molecule has 1 aromatic heterocycles. The van der Waals surface area contributed by atoms with Gasteiger partial charge in [-0.3, -0.25) is 0 Å². The van der Waals surface area contributed by atoms with E-state index in [9.17, 15) is 4.39 Å². The number of hydrogen-bond donors (Lipinski definition) is 0. The van der Waals surface area contributed by atoms with Crippen LogP contribution in [0, 0.1) is 5.82 Å². The van der Waals surface area contributed by atoms with Crippen LogP contribution in [0.25, 0.3) is 0 Å². The number of halogens is 1. The molecule has 1 aromatic rings. The van der Waals surface area contributed by atoms with Gasteiger partial charge in [0.05, 0.1) is 12.4 Å². The highest BCUT2D eigenvalue weighted by molar-refractivity contribution is 4.85. The van der Waals surface area contributed by atoms with Crippen molar-refractivity contribution in [1.29, 1.82) is 0 Å². The van der Waals surface area contributed by atoms with Crippen LogP contribution in [0.3, 0.4) is 0 Å². The topological polar surface area (TPSA) is 25.8 Å². The molecule has 0 aliphatic carbocycles. The first kappa shape index (κ1) is 4.18. The van der Waals surface area contributed by atoms with Crippen LogP contribution in [0.15, 0.2) is 18.5 Å². The zero-order chi connectivity index (χ0) is 5.11. The summed E-state index contributed by atoms with van der Waals surface area (Å²) in [5.41, 5.74) is 0. The van der Waals surface area contributed by atoms with Gasteiger partial charge in [0, 0.05) is 0 Å². The summed E-state index contributed by atoms with van der Waals surface area (Å²) in [6, 6.07) is 1.24. The molecular weight excluding hydrogens is 95.1 g/mol. The van der Waals surface area contributed by atoms with Gasteiger partial charge in [-0.15, -0.1) is 0 Å². The molecule has 0 saturated carbocycles. The highest BCUT2D eigenvalue weighted by atomic mass is 19.1. The van der Waals surface area contributed by atoms with Crippen molar-refractivity contribution in [2.45, 2.75) is 0 Å². The second kappa shape index (κ2) is 1.64. The van der Waals surface area contributed by atoms with Gasteiger partial charge in [0.2, 0.25) is 0 Å². The zero-order valence-electron chi connectivity index (χ0n) is 3.50. The Morgan fingerprint density at radius 1 is 1.43 bits per heavy atom. The molecule has 0 saturated heterocycles. The average Bonchev–Trinajstić information content (AvgIpc) is 1.69. The number of aromatic nitrogens is 2. The van der Waals surface area contributed by atoms with Crippen molar-refractivity contribution < 1.29 is 4.39 Å². The Hall–Kier alpha value is -0.990. The van der Waals surface area contributed by atoms with Crippen molar-refractivity contribution in [3.8, 4) is 0 Å². The first-order valence-corrected chi connectivity index (χ1v) is 1.82. The van der Waals surface area contributed by atoms with E-state index in [0.29, 0.717) is 0 Å². The van der Waals surface area contributed by atoms with Crippen LogP contribution in [0.1, 0.15) is 0 Å². The van der Waals surface area contributed by atoms with Crippen molar-refractivity contribution in [3.05, 3.63) is 24.3 Å². The predicted molar refractivity (Wildman–Crippen MR) is 22.0 cm³/mol. The Labute approximate surface area is 40.0 Å². The Kier molecular flexibility index (Phi) is 0.978. The Morgan fingerprint density at radius 3 is 2.57 bits per heavy atom. The van der Waals surface area contributed by atoms with Crippen molar-refractivity contribution in [2.75, 3.05) is 0 Å². The first-order valence-electron chi connectivity index (χ1n) is 1.82. The standard InChI is InChI=1S/C4H3FN2/c5-4-1-2-6-7-3-4/h1-3H. The third-order valence-electron chi connectivity index (χ3n) is 0.548. The highest BCUT2D eigenvalue weighted by Crippen LogP contribution is 1.85. The molecule has 7 heavy (non-hydrogen) atoms. The van der Waals surface area contributed by atoms with E-state index in [4.69, 9.17) is 0 Å². The van der Waals surface area contributed by atoms with Gasteiger partial charge in [-0.25, -0.2) is 4.39 Å². The maximum Gasteiger partial charge on any atom is 0.144 e. The minimum Gasteiger partial charge on any atom is -0.205 e. The van der Waals surface area contributed by atoms with Gasteiger partial charge in [-0.2, -0.15) is 10.2 Å². The average molecular weight is 98.1 g/mol. The van der Waals surface area contributed by atoms with Crippen LogP contribution in [-0.2, 0) is 0 Å². The summed E-state index contributed by atoms with van der Waals surface area (Å²) in [5.74, 6) is -0.352. The van der Waals surface area contributed by atoms with E-state index in [1.807, 2.05) is 0 Å². The van der Waals surface area contributed by atoms with E-state index in [-0.39, 0.29) is 5.82 Å². The van der Waals surface area contributed by atoms with Gasteiger partial charge < -0.3 is 0 Å². The number of rotatable bonds is 0. The van der Waals surface area contributed by atoms with E-state index in [2.05, 4.69) is 10.2 Å². The monoisotopic (exact) mass is 98.0 g/mol. The van der Waals surface area contributed by atoms with Crippen molar-refractivity contribution >= 4 is 0 Å². The van der Waals surface area contributed by atoms with Gasteiger partial charge in [-0.1, -0.05) is 0 Å². The second-order valence-electron chi connectivity index (χ2n) is 1.06. The van der Waals surface area contributed by atoms with E-state index >= 15 is 0 Å². The van der Waals surface area contributed by atoms with E-state index in [1.165, 1.54) is 12.3 Å². The zero-order valence-corrected chi connectivity index (χ0v) is 3.50. The lowest BCUT2D eigenvalue weighted by atomic mass is 10.6. The molecule has 0 N–H and O–H groups in total. The summed E-state index contributed by atoms with van der Waals surface area (Å²) < 4.78 is 11.8. The molecule has 0 aromatic carbocycles. The maximum atomic E-state index is 11.8. The highest BCUT2D eigenvalue weighted by Gasteiger charge is 1.79. The lowest BCUT2D eigenvalue weighted by molar-refractivity contribution is 0.615. The molecule has 0 radical (unpaired) electrons. The Bertz CT molecular complexity index is 140. The third kappa shape index (κ3) is 0.924. The minimum atomic E-state index is -0.352. The lowest BCUT2D eigenvalue weighted by Crippen LogP contribution is -1.77. The summed E-state index contributed by atoms with van der Waals surface area (Å²) >= 11 is 0. The smallest absolute Gasteiger partial charge is 0.144 e. The fourth-order valence-electron chi connectivity index (χ4n) is 0.275. The van der Waals surface area contributed by atoms with Crippen molar-refractivity contribution in [1.82, 2.24) is 10.2 Å². The van der Waals surface area contributed by atoms with Crippen molar-refractivity contribution in [2.24, 2.45) is 0 Å². The van der Waals surface area contributed by atoms with Gasteiger partial charge in [-0.05, 0) is 6.07 Å². The maximum absolute atomic E-state index is 11.8. The van der Waals surface area contributed by atoms with E-state index < -0.39 is 0 Å². The molecule has 3 heteroatoms. The van der Waals surface area contributed by atoms with Crippen LogP contribution in [0.5, 0.6) is 0 Å². The van der Waals surface area contributed by atoms with Gasteiger partial charge >= 0.3 is 0 Å². The van der Waals surface area contributed by atoms with E-state index in [0.717, 1.165) is 6.20 Å². The second-order valence-corrected chi connectivity index (χ2v) is 1.06. The van der Waals surface area contributed by atoms with Gasteiger partial charge in [0.15, 0.2) is 0 Å². The largest absolute Gasteiger partial charge is 0.205 e. The quantitative estimate of drug-likeness (QED) is 0.475. The molecule has 0 aliphatic rings. The fourth-order valence-corrected chi connectivity index (χ4v) is 0.275. The molecule has 36 valence electrons. The lowest BCUT2D eigenvalue weighted by Gasteiger charge is -1.77. The summed E-state index contributed by atoms with van der Waals surface area (Å²) in [6.45, 7) is 0. The molecule has 1 heterocycles. The summed E-state index contributed by atoms with van der Waals surface area (Å²) in [5, 5.41) is 6.61. The molecule has 2 nitrogen and oxygen atoms in total. The normalized spacial score (nSPS) is 8.71. The molecule has 0 aliphatic heterocycles. The Balaban J connectivity index is 3.02. The molecule has 0 spiro atoms. The van der Waals surface area contributed by atoms with Crippen LogP contribution in [-0.4, -0.2) is 10.2 Å². The first-order chi connectivity index (χ1) is 3.39. The molecule has 0 atom stereocenters. The van der Waals surface area contributed by atoms with Crippen LogP contribution < -0.4 is 0 Å². The molecule has 0 unspecified atom stereocenters. The molecule has 1 rings (SSSR count). The predicted octanol–water partition coefficient (Wildman–Crippen LogP) is 0.616. The molecule has 0 bridgehead atoms. The Morgan fingerprint density at radius 2 is 2.29 bits per heavy atom. The summed E-state index contributed by atoms with van der Waals surface area (Å²) in [7, 11) is 0. The van der Waals surface area contributed by atoms with Crippen LogP contribution in [0.2, 0.25) is 0 Å². The number of hydrogen-bond acceptors (Lipinski definition) is 2. The number of nitrogens with zero attached hydrogens (tertiary/aromatic N) is 2. The van der Waals surface area contributed by atoms with Gasteiger partial charge in [0.25, 0.3) is 0 Å². The van der Waals surface area contributed by atoms with Crippen molar-refractivity contribution in [3.63, 3.8) is 0 Å². The molecular formula is C4H3FN2. The fraction of sp³-hybridized carbons (Fsp3) is 0. The summed E-state index contributed by atoms with van der Waals surface area (Å²) in [6.07, 6.45) is 2.36. The third-order valence-corrected chi connectivity index (χ3v) is 0.548. The van der Waals surface area contributed by atoms with Crippen LogP contribution in [0.4, 0.5) is 4.39 Å². The van der Waals surface area contributed by atoms with E-state index in [1.54, 1.807) is 0 Å². The summed E-state index contributed by atoms with van der Waals surface area (Å²) in [4.78, 5) is 0. The van der Waals surface area contributed by atoms with Crippen LogP contribution >= 0.6 is 0 Å². The minimum absolute atomic E-state index is 0.352. The van der Waals surface area contributed by atoms with Gasteiger partial charge in [0.1, 0.15) is 5.82 Å². The molecule has 0 fully saturated rings.